The Morgan fingerprint density at radius 1 is 0.935 bits per heavy atom. The summed E-state index contributed by atoms with van der Waals surface area (Å²) in [4.78, 5) is 41.0. The molecule has 7 nitrogen and oxygen atoms in total. The summed E-state index contributed by atoms with van der Waals surface area (Å²) in [6, 6.07) is 16.4. The van der Waals surface area contributed by atoms with E-state index in [4.69, 9.17) is 4.74 Å². The van der Waals surface area contributed by atoms with Gasteiger partial charge in [0.2, 0.25) is 5.91 Å². The second kappa shape index (κ2) is 9.75. The minimum Gasteiger partial charge on any atom is -0.349 e. The predicted octanol–water partition coefficient (Wildman–Crippen LogP) is 1.79. The van der Waals surface area contributed by atoms with Gasteiger partial charge in [-0.05, 0) is 29.7 Å². The number of carbonyl (C=O) groups is 3. The van der Waals surface area contributed by atoms with Crippen LogP contribution in [-0.2, 0) is 32.0 Å². The van der Waals surface area contributed by atoms with Crippen molar-refractivity contribution in [1.82, 2.24) is 10.2 Å². The molecule has 1 aliphatic rings. The quantitative estimate of drug-likeness (QED) is 0.657. The van der Waals surface area contributed by atoms with Crippen molar-refractivity contribution in [2.24, 2.45) is 0 Å². The average Bonchev–Trinajstić information content (AvgIpc) is 3.59. The van der Waals surface area contributed by atoms with E-state index in [1.165, 1.54) is 15.4 Å². The summed E-state index contributed by atoms with van der Waals surface area (Å²) >= 11 is 0. The summed E-state index contributed by atoms with van der Waals surface area (Å²) < 4.78 is 5.39. The number of anilines is 1. The van der Waals surface area contributed by atoms with E-state index in [0.29, 0.717) is 6.42 Å². The van der Waals surface area contributed by atoms with Gasteiger partial charge in [0, 0.05) is 33.3 Å². The molecular weight excluding hydrogens is 394 g/mol. The lowest BCUT2D eigenvalue weighted by molar-refractivity contribution is -0.134. The summed E-state index contributed by atoms with van der Waals surface area (Å²) in [5.41, 5.74) is 2.85. The fourth-order valence-electron chi connectivity index (χ4n) is 3.39. The van der Waals surface area contributed by atoms with E-state index in [0.717, 1.165) is 17.7 Å². The molecule has 1 aliphatic heterocycles. The normalized spacial score (nSPS) is 18.1. The molecule has 3 atom stereocenters. The third-order valence-corrected chi connectivity index (χ3v) is 5.39. The van der Waals surface area contributed by atoms with Crippen molar-refractivity contribution >= 4 is 23.4 Å². The van der Waals surface area contributed by atoms with Crippen molar-refractivity contribution in [2.75, 3.05) is 26.0 Å². The molecule has 0 bridgehead atoms. The Morgan fingerprint density at radius 2 is 1.58 bits per heavy atom. The standard InChI is InChI=1S/C24H29N3O4/c1-5-16-11-13-18(14-12-16)27(4)24(30)21-20(31-21)22(28)25-19(23(29)26(2)3)15-17-9-7-6-8-10-17/h6-14,19-21H,5,15H2,1-4H3,(H,25,28)/t19-,20?,21?/m0/s1. The molecule has 2 aromatic rings. The van der Waals surface area contributed by atoms with E-state index in [-0.39, 0.29) is 11.8 Å². The molecule has 0 aromatic heterocycles. The SMILES string of the molecule is CCc1ccc(N(C)C(=O)C2OC2C(=O)N[C@@H](Cc2ccccc2)C(=O)N(C)C)cc1. The van der Waals surface area contributed by atoms with Crippen LogP contribution in [0.15, 0.2) is 54.6 Å². The van der Waals surface area contributed by atoms with Gasteiger partial charge in [-0.25, -0.2) is 0 Å². The van der Waals surface area contributed by atoms with Gasteiger partial charge in [0.15, 0.2) is 12.2 Å². The highest BCUT2D eigenvalue weighted by atomic mass is 16.6. The van der Waals surface area contributed by atoms with Gasteiger partial charge in [0.25, 0.3) is 11.8 Å². The van der Waals surface area contributed by atoms with Gasteiger partial charge < -0.3 is 19.9 Å². The maximum absolute atomic E-state index is 12.7. The summed E-state index contributed by atoms with van der Waals surface area (Å²) in [5.74, 6) is -0.957. The molecule has 2 aromatic carbocycles. The van der Waals surface area contributed by atoms with Crippen molar-refractivity contribution in [3.63, 3.8) is 0 Å². The van der Waals surface area contributed by atoms with Gasteiger partial charge in [0.05, 0.1) is 0 Å². The topological polar surface area (TPSA) is 82.2 Å². The van der Waals surface area contributed by atoms with Gasteiger partial charge in [-0.15, -0.1) is 0 Å². The summed E-state index contributed by atoms with van der Waals surface area (Å²) in [6.45, 7) is 2.07. The summed E-state index contributed by atoms with van der Waals surface area (Å²) in [5, 5.41) is 2.76. The van der Waals surface area contributed by atoms with Crippen molar-refractivity contribution in [2.45, 2.75) is 38.0 Å². The van der Waals surface area contributed by atoms with Crippen LogP contribution in [0.2, 0.25) is 0 Å². The van der Waals surface area contributed by atoms with E-state index in [2.05, 4.69) is 12.2 Å². The van der Waals surface area contributed by atoms with Crippen LogP contribution in [-0.4, -0.2) is 62.0 Å². The molecule has 2 unspecified atom stereocenters. The molecular formula is C24H29N3O4. The first kappa shape index (κ1) is 22.5. The zero-order chi connectivity index (χ0) is 22.5. The largest absolute Gasteiger partial charge is 0.349 e. The lowest BCUT2D eigenvalue weighted by atomic mass is 10.0. The van der Waals surface area contributed by atoms with Crippen LogP contribution in [0, 0.1) is 0 Å². The highest BCUT2D eigenvalue weighted by molar-refractivity contribution is 6.03. The summed E-state index contributed by atoms with van der Waals surface area (Å²) in [6.07, 6.45) is -0.457. The number of ether oxygens (including phenoxy) is 1. The Balaban J connectivity index is 1.62. The van der Waals surface area contributed by atoms with Crippen molar-refractivity contribution in [3.8, 4) is 0 Å². The number of carbonyl (C=O) groups excluding carboxylic acids is 3. The maximum atomic E-state index is 12.7. The lowest BCUT2D eigenvalue weighted by Gasteiger charge is -2.21. The second-order valence-electron chi connectivity index (χ2n) is 7.88. The van der Waals surface area contributed by atoms with E-state index >= 15 is 0 Å². The number of aryl methyl sites for hydroxylation is 1. The Bertz CT molecular complexity index is 928. The number of rotatable bonds is 8. The van der Waals surface area contributed by atoms with E-state index in [1.807, 2.05) is 54.6 Å². The van der Waals surface area contributed by atoms with Crippen LogP contribution in [0.1, 0.15) is 18.1 Å². The lowest BCUT2D eigenvalue weighted by Crippen LogP contribution is -2.49. The van der Waals surface area contributed by atoms with Crippen molar-refractivity contribution < 1.29 is 19.1 Å². The first-order chi connectivity index (χ1) is 14.8. The molecule has 0 radical (unpaired) electrons. The zero-order valence-electron chi connectivity index (χ0n) is 18.4. The van der Waals surface area contributed by atoms with Crippen LogP contribution in [0.25, 0.3) is 0 Å². The highest BCUT2D eigenvalue weighted by Gasteiger charge is 2.52. The van der Waals surface area contributed by atoms with Crippen LogP contribution < -0.4 is 10.2 Å². The number of nitrogens with zero attached hydrogens (tertiary/aromatic N) is 2. The second-order valence-corrected chi connectivity index (χ2v) is 7.88. The number of likely N-dealkylation sites (N-methyl/N-ethyl adjacent to an activating group) is 2. The molecule has 0 spiro atoms. The fourth-order valence-corrected chi connectivity index (χ4v) is 3.39. The van der Waals surface area contributed by atoms with E-state index in [9.17, 15) is 14.4 Å². The van der Waals surface area contributed by atoms with Crippen LogP contribution in [0.5, 0.6) is 0 Å². The van der Waals surface area contributed by atoms with Crippen LogP contribution in [0.3, 0.4) is 0 Å². The van der Waals surface area contributed by atoms with Gasteiger partial charge in [-0.2, -0.15) is 0 Å². The maximum Gasteiger partial charge on any atom is 0.259 e. The van der Waals surface area contributed by atoms with Crippen LogP contribution >= 0.6 is 0 Å². The Morgan fingerprint density at radius 3 is 2.16 bits per heavy atom. The van der Waals surface area contributed by atoms with Crippen molar-refractivity contribution in [1.29, 1.82) is 0 Å². The molecule has 164 valence electrons. The average molecular weight is 424 g/mol. The molecule has 0 aliphatic carbocycles. The molecule has 31 heavy (non-hydrogen) atoms. The van der Waals surface area contributed by atoms with Crippen LogP contribution in [0.4, 0.5) is 5.69 Å². The zero-order valence-corrected chi connectivity index (χ0v) is 18.4. The molecule has 3 rings (SSSR count). The van der Waals surface area contributed by atoms with Gasteiger partial charge >= 0.3 is 0 Å². The number of benzene rings is 2. The molecule has 1 saturated heterocycles. The highest BCUT2D eigenvalue weighted by Crippen LogP contribution is 2.27. The Hall–Kier alpha value is -3.19. The van der Waals surface area contributed by atoms with Gasteiger partial charge in [-0.3, -0.25) is 14.4 Å². The molecule has 1 N–H and O–H groups in total. The molecule has 1 heterocycles. The first-order valence-electron chi connectivity index (χ1n) is 10.4. The Labute approximate surface area is 183 Å². The number of hydrogen-bond acceptors (Lipinski definition) is 4. The minimum atomic E-state index is -0.891. The smallest absolute Gasteiger partial charge is 0.259 e. The Kier molecular flexibility index (Phi) is 7.07. The number of hydrogen-bond donors (Lipinski definition) is 1. The molecule has 0 saturated carbocycles. The molecule has 1 fully saturated rings. The monoisotopic (exact) mass is 423 g/mol. The number of amides is 3. The van der Waals surface area contributed by atoms with E-state index < -0.39 is 24.2 Å². The number of nitrogens with one attached hydrogen (secondary N) is 1. The van der Waals surface area contributed by atoms with Gasteiger partial charge in [-0.1, -0.05) is 49.4 Å². The summed E-state index contributed by atoms with van der Waals surface area (Å²) in [7, 11) is 4.95. The van der Waals surface area contributed by atoms with E-state index in [1.54, 1.807) is 21.1 Å². The first-order valence-corrected chi connectivity index (χ1v) is 10.4. The number of epoxide rings is 1. The molecule has 3 amide bonds. The predicted molar refractivity (Wildman–Crippen MR) is 119 cm³/mol. The molecule has 7 heteroatoms. The third kappa shape index (κ3) is 5.49. The van der Waals surface area contributed by atoms with Gasteiger partial charge in [0.1, 0.15) is 6.04 Å². The fraction of sp³-hybridized carbons (Fsp3) is 0.375. The van der Waals surface area contributed by atoms with Crippen molar-refractivity contribution in [3.05, 3.63) is 65.7 Å². The minimum absolute atomic E-state index is 0.214. The third-order valence-electron chi connectivity index (χ3n) is 5.39.